The molecule has 4 heterocycles. The molecular weight excluding hydrogens is 314 g/mol. The average molecular weight is 335 g/mol. The summed E-state index contributed by atoms with van der Waals surface area (Å²) < 4.78 is 0. The molecule has 0 aliphatic carbocycles. The summed E-state index contributed by atoms with van der Waals surface area (Å²) >= 11 is 0. The Morgan fingerprint density at radius 1 is 1.16 bits per heavy atom. The van der Waals surface area contributed by atoms with Gasteiger partial charge in [-0.2, -0.15) is 0 Å². The number of benzene rings is 1. The van der Waals surface area contributed by atoms with Crippen molar-refractivity contribution in [3.05, 3.63) is 36.2 Å². The van der Waals surface area contributed by atoms with E-state index in [1.165, 1.54) is 5.56 Å². The van der Waals surface area contributed by atoms with E-state index in [9.17, 15) is 4.79 Å². The molecule has 2 saturated heterocycles. The number of amides is 1. The Balaban J connectivity index is 1.42. The molecule has 5 rings (SSSR count). The van der Waals surface area contributed by atoms with Crippen LogP contribution in [0.3, 0.4) is 0 Å². The van der Waals surface area contributed by atoms with Crippen molar-refractivity contribution in [1.29, 1.82) is 0 Å². The van der Waals surface area contributed by atoms with Crippen molar-refractivity contribution < 1.29 is 4.79 Å². The number of aromatic nitrogens is 2. The number of carbonyl (C=O) groups is 1. The second-order valence-corrected chi connectivity index (χ2v) is 7.52. The number of hydrogen-bond acceptors (Lipinski definition) is 5. The van der Waals surface area contributed by atoms with E-state index in [0.29, 0.717) is 11.8 Å². The Labute approximate surface area is 146 Å². The van der Waals surface area contributed by atoms with Crippen LogP contribution < -0.4 is 15.1 Å². The quantitative estimate of drug-likeness (QED) is 0.900. The van der Waals surface area contributed by atoms with Gasteiger partial charge in [-0.15, -0.1) is 0 Å². The topological polar surface area (TPSA) is 61.4 Å². The monoisotopic (exact) mass is 335 g/mol. The Hall–Kier alpha value is -2.47. The molecule has 2 fully saturated rings. The van der Waals surface area contributed by atoms with Crippen molar-refractivity contribution in [3.8, 4) is 11.3 Å². The number of rotatable bonds is 2. The molecule has 128 valence electrons. The number of hydrogen-bond donors (Lipinski definition) is 1. The number of carbonyl (C=O) groups excluding carboxylic acids is 1. The SMILES string of the molecule is CN1C(=O)CCc2cc(-c3cncc(N4CC5(CNC5)C4)n3)ccc21. The minimum atomic E-state index is 0.180. The molecule has 0 radical (unpaired) electrons. The third-order valence-corrected chi connectivity index (χ3v) is 5.72. The van der Waals surface area contributed by atoms with Crippen LogP contribution in [0.4, 0.5) is 11.5 Å². The molecule has 6 nitrogen and oxygen atoms in total. The number of nitrogens with zero attached hydrogens (tertiary/aromatic N) is 4. The fraction of sp³-hybridized carbons (Fsp3) is 0.421. The molecule has 2 aromatic rings. The van der Waals surface area contributed by atoms with Crippen molar-refractivity contribution in [1.82, 2.24) is 15.3 Å². The minimum absolute atomic E-state index is 0.180. The average Bonchev–Trinajstić information content (AvgIpc) is 2.56. The van der Waals surface area contributed by atoms with Crippen molar-refractivity contribution in [2.45, 2.75) is 12.8 Å². The van der Waals surface area contributed by atoms with Gasteiger partial charge in [0.25, 0.3) is 0 Å². The molecule has 6 heteroatoms. The maximum absolute atomic E-state index is 11.8. The van der Waals surface area contributed by atoms with Gasteiger partial charge in [-0.1, -0.05) is 6.07 Å². The Morgan fingerprint density at radius 2 is 2.00 bits per heavy atom. The van der Waals surface area contributed by atoms with Gasteiger partial charge in [0, 0.05) is 56.3 Å². The molecule has 1 aromatic heterocycles. The summed E-state index contributed by atoms with van der Waals surface area (Å²) in [4.78, 5) is 25.1. The molecule has 25 heavy (non-hydrogen) atoms. The van der Waals surface area contributed by atoms with Crippen LogP contribution in [0.2, 0.25) is 0 Å². The third-order valence-electron chi connectivity index (χ3n) is 5.72. The van der Waals surface area contributed by atoms with Crippen LogP contribution in [-0.4, -0.2) is 49.1 Å². The summed E-state index contributed by atoms with van der Waals surface area (Å²) in [5, 5.41) is 3.36. The standard InChI is InChI=1S/C19H21N5O/c1-23-16-4-2-13(6-14(16)3-5-18(23)25)15-7-20-8-17(22-15)24-11-19(12-24)9-21-10-19/h2,4,6-8,21H,3,5,9-12H2,1H3. The van der Waals surface area contributed by atoms with E-state index in [2.05, 4.69) is 21.3 Å². The predicted octanol–water partition coefficient (Wildman–Crippen LogP) is 1.46. The normalized spacial score (nSPS) is 20.9. The van der Waals surface area contributed by atoms with Crippen molar-refractivity contribution >= 4 is 17.4 Å². The number of aryl methyl sites for hydroxylation is 1. The lowest BCUT2D eigenvalue weighted by molar-refractivity contribution is -0.118. The lowest BCUT2D eigenvalue weighted by atomic mass is 9.74. The first-order valence-corrected chi connectivity index (χ1v) is 8.81. The zero-order valence-electron chi connectivity index (χ0n) is 14.3. The molecular formula is C19H21N5O. The van der Waals surface area contributed by atoms with Gasteiger partial charge in [-0.25, -0.2) is 4.98 Å². The summed E-state index contributed by atoms with van der Waals surface area (Å²) in [5.74, 6) is 1.14. The summed E-state index contributed by atoms with van der Waals surface area (Å²) in [7, 11) is 1.84. The van der Waals surface area contributed by atoms with Crippen molar-refractivity contribution in [2.75, 3.05) is 43.0 Å². The van der Waals surface area contributed by atoms with Gasteiger partial charge < -0.3 is 15.1 Å². The van der Waals surface area contributed by atoms with Crippen LogP contribution in [0.5, 0.6) is 0 Å². The molecule has 0 bridgehead atoms. The lowest BCUT2D eigenvalue weighted by Gasteiger charge is -2.56. The van der Waals surface area contributed by atoms with Gasteiger partial charge in [0.15, 0.2) is 0 Å². The summed E-state index contributed by atoms with van der Waals surface area (Å²) in [6.07, 6.45) is 5.04. The van der Waals surface area contributed by atoms with Crippen molar-refractivity contribution in [3.63, 3.8) is 0 Å². The predicted molar refractivity (Wildman–Crippen MR) is 96.7 cm³/mol. The highest BCUT2D eigenvalue weighted by molar-refractivity contribution is 5.96. The van der Waals surface area contributed by atoms with Gasteiger partial charge in [-0.05, 0) is 24.1 Å². The van der Waals surface area contributed by atoms with Crippen LogP contribution >= 0.6 is 0 Å². The maximum Gasteiger partial charge on any atom is 0.227 e. The van der Waals surface area contributed by atoms with Gasteiger partial charge in [0.05, 0.1) is 18.1 Å². The van der Waals surface area contributed by atoms with Gasteiger partial charge in [-0.3, -0.25) is 9.78 Å². The van der Waals surface area contributed by atoms with Crippen LogP contribution in [0.15, 0.2) is 30.6 Å². The van der Waals surface area contributed by atoms with Crippen LogP contribution in [0.1, 0.15) is 12.0 Å². The smallest absolute Gasteiger partial charge is 0.227 e. The maximum atomic E-state index is 11.8. The molecule has 1 spiro atoms. The van der Waals surface area contributed by atoms with E-state index in [4.69, 9.17) is 4.98 Å². The first kappa shape index (κ1) is 14.8. The number of nitrogens with one attached hydrogen (secondary N) is 1. The molecule has 0 saturated carbocycles. The molecule has 1 aromatic carbocycles. The first-order chi connectivity index (χ1) is 12.1. The highest BCUT2D eigenvalue weighted by Gasteiger charge is 2.48. The number of fused-ring (bicyclic) bond motifs is 1. The van der Waals surface area contributed by atoms with Crippen LogP contribution in [0.25, 0.3) is 11.3 Å². The Morgan fingerprint density at radius 3 is 2.76 bits per heavy atom. The molecule has 3 aliphatic heterocycles. The third kappa shape index (κ3) is 2.32. The van der Waals surface area contributed by atoms with E-state index in [1.54, 1.807) is 4.90 Å². The Bertz CT molecular complexity index is 853. The van der Waals surface area contributed by atoms with E-state index < -0.39 is 0 Å². The second kappa shape index (κ2) is 5.26. The summed E-state index contributed by atoms with van der Waals surface area (Å²) in [6.45, 7) is 4.37. The highest BCUT2D eigenvalue weighted by atomic mass is 16.2. The van der Waals surface area contributed by atoms with Crippen molar-refractivity contribution in [2.24, 2.45) is 5.41 Å². The summed E-state index contributed by atoms with van der Waals surface area (Å²) in [5.41, 5.74) is 4.64. The lowest BCUT2D eigenvalue weighted by Crippen LogP contribution is -2.71. The van der Waals surface area contributed by atoms with Crippen LogP contribution in [0, 0.1) is 5.41 Å². The second-order valence-electron chi connectivity index (χ2n) is 7.52. The minimum Gasteiger partial charge on any atom is -0.354 e. The van der Waals surface area contributed by atoms with Gasteiger partial charge >= 0.3 is 0 Å². The highest BCUT2D eigenvalue weighted by Crippen LogP contribution is 2.37. The molecule has 0 atom stereocenters. The largest absolute Gasteiger partial charge is 0.354 e. The zero-order valence-corrected chi connectivity index (χ0v) is 14.3. The molecule has 1 amide bonds. The molecule has 1 N–H and O–H groups in total. The fourth-order valence-electron chi connectivity index (χ4n) is 4.09. The number of anilines is 2. The zero-order chi connectivity index (χ0) is 17.0. The Kier molecular flexibility index (Phi) is 3.12. The molecule has 3 aliphatic rings. The van der Waals surface area contributed by atoms with Gasteiger partial charge in [0.2, 0.25) is 5.91 Å². The van der Waals surface area contributed by atoms with Crippen LogP contribution in [-0.2, 0) is 11.2 Å². The van der Waals surface area contributed by atoms with E-state index in [0.717, 1.165) is 55.4 Å². The first-order valence-electron chi connectivity index (χ1n) is 8.81. The molecule has 0 unspecified atom stereocenters. The van der Waals surface area contributed by atoms with E-state index in [1.807, 2.05) is 31.6 Å². The van der Waals surface area contributed by atoms with E-state index in [-0.39, 0.29) is 5.91 Å². The summed E-state index contributed by atoms with van der Waals surface area (Å²) in [6, 6.07) is 6.21. The van der Waals surface area contributed by atoms with Gasteiger partial charge in [0.1, 0.15) is 5.82 Å². The van der Waals surface area contributed by atoms with E-state index >= 15 is 0 Å². The fourth-order valence-corrected chi connectivity index (χ4v) is 4.09.